The van der Waals surface area contributed by atoms with Gasteiger partial charge in [-0.2, -0.15) is 0 Å². The topological polar surface area (TPSA) is 38.3 Å². The smallest absolute Gasteiger partial charge is 0.191 e. The van der Waals surface area contributed by atoms with Crippen LogP contribution in [0.4, 0.5) is 0 Å². The second-order valence-corrected chi connectivity index (χ2v) is 17.7. The molecule has 0 saturated heterocycles. The van der Waals surface area contributed by atoms with E-state index < -0.39 is 13.7 Å². The summed E-state index contributed by atoms with van der Waals surface area (Å²) in [5.74, 6) is 0.273. The van der Waals surface area contributed by atoms with Crippen LogP contribution >= 0.6 is 0 Å². The lowest BCUT2D eigenvalue weighted by Gasteiger charge is -2.57. The molecule has 0 fully saturated rings. The van der Waals surface area contributed by atoms with Crippen LogP contribution in [-0.2, 0) is 9.22 Å². The van der Waals surface area contributed by atoms with Crippen LogP contribution < -0.4 is 5.32 Å². The molecule has 3 aliphatic rings. The normalized spacial score (nSPS) is 25.0. The zero-order valence-corrected chi connectivity index (χ0v) is 25.0. The summed E-state index contributed by atoms with van der Waals surface area (Å²) in [7, 11) is -2.04. The van der Waals surface area contributed by atoms with Crippen molar-refractivity contribution in [3.63, 3.8) is 0 Å². The quantitative estimate of drug-likeness (QED) is 0.209. The summed E-state index contributed by atoms with van der Waals surface area (Å²) >= 11 is 0. The number of ketones is 1. The number of allylic oxidation sites excluding steroid dienone is 3. The SMILES string of the molecule is C=CC[C@]1(C(=O)/C=C(/C)NC(C)C)C2c3ccccc3C(c3ccccc32)[C@@H]1CO[Si](C)(C)C(C)(C)C. The molecular weight excluding hydrogens is 470 g/mol. The Morgan fingerprint density at radius 3 is 2.03 bits per heavy atom. The van der Waals surface area contributed by atoms with Crippen LogP contribution in [0.15, 0.2) is 73.0 Å². The van der Waals surface area contributed by atoms with Crippen molar-refractivity contribution in [2.24, 2.45) is 11.3 Å². The molecule has 0 aromatic heterocycles. The summed E-state index contributed by atoms with van der Waals surface area (Å²) in [4.78, 5) is 14.6. The van der Waals surface area contributed by atoms with Crippen LogP contribution in [-0.4, -0.2) is 26.7 Å². The maximum atomic E-state index is 14.6. The fourth-order valence-electron chi connectivity index (χ4n) is 6.47. The van der Waals surface area contributed by atoms with Crippen molar-refractivity contribution in [3.8, 4) is 0 Å². The Labute approximate surface area is 225 Å². The van der Waals surface area contributed by atoms with E-state index in [4.69, 9.17) is 4.43 Å². The molecule has 0 saturated carbocycles. The second kappa shape index (κ2) is 10.0. The van der Waals surface area contributed by atoms with Crippen LogP contribution in [0.25, 0.3) is 0 Å². The summed E-state index contributed by atoms with van der Waals surface area (Å²) in [6.07, 6.45) is 4.43. The molecule has 2 atom stereocenters. The predicted molar refractivity (Wildman–Crippen MR) is 157 cm³/mol. The molecule has 0 aliphatic heterocycles. The first kappa shape index (κ1) is 27.6. The minimum absolute atomic E-state index is 0.0185. The van der Waals surface area contributed by atoms with Gasteiger partial charge in [0, 0.05) is 42.2 Å². The van der Waals surface area contributed by atoms with Gasteiger partial charge in [0.2, 0.25) is 0 Å². The van der Waals surface area contributed by atoms with Crippen molar-refractivity contribution in [1.29, 1.82) is 0 Å². The van der Waals surface area contributed by atoms with Crippen molar-refractivity contribution in [2.45, 2.75) is 84.0 Å². The number of carbonyl (C=O) groups excluding carboxylic acids is 1. The first-order chi connectivity index (χ1) is 17.3. The van der Waals surface area contributed by atoms with Crippen LogP contribution in [0.3, 0.4) is 0 Å². The van der Waals surface area contributed by atoms with Gasteiger partial charge in [-0.05, 0) is 67.6 Å². The van der Waals surface area contributed by atoms with E-state index in [1.165, 1.54) is 22.3 Å². The van der Waals surface area contributed by atoms with Gasteiger partial charge < -0.3 is 9.74 Å². The van der Waals surface area contributed by atoms with Crippen LogP contribution in [0.1, 0.15) is 82.1 Å². The van der Waals surface area contributed by atoms with E-state index in [0.29, 0.717) is 13.0 Å². The Morgan fingerprint density at radius 2 is 1.57 bits per heavy atom. The molecule has 4 heteroatoms. The average molecular weight is 516 g/mol. The minimum atomic E-state index is -2.04. The maximum Gasteiger partial charge on any atom is 0.191 e. The van der Waals surface area contributed by atoms with Crippen molar-refractivity contribution >= 4 is 14.1 Å². The Bertz CT molecular complexity index is 1160. The van der Waals surface area contributed by atoms with Gasteiger partial charge in [-0.1, -0.05) is 75.4 Å². The number of rotatable bonds is 9. The van der Waals surface area contributed by atoms with E-state index in [2.05, 4.69) is 108 Å². The number of carbonyl (C=O) groups is 1. The highest BCUT2D eigenvalue weighted by Gasteiger charge is 2.61. The average Bonchev–Trinajstić information content (AvgIpc) is 2.82. The highest BCUT2D eigenvalue weighted by molar-refractivity contribution is 6.74. The monoisotopic (exact) mass is 515 g/mol. The Kier molecular flexibility index (Phi) is 7.48. The lowest BCUT2D eigenvalue weighted by atomic mass is 9.45. The van der Waals surface area contributed by atoms with E-state index in [-0.39, 0.29) is 34.6 Å². The number of fused-ring (bicyclic) bond motifs is 1. The summed E-state index contributed by atoms with van der Waals surface area (Å²) < 4.78 is 6.95. The van der Waals surface area contributed by atoms with Gasteiger partial charge in [-0.25, -0.2) is 0 Å². The first-order valence-corrected chi connectivity index (χ1v) is 16.7. The summed E-state index contributed by atoms with van der Waals surface area (Å²) in [6.45, 7) is 22.4. The van der Waals surface area contributed by atoms with E-state index in [1.807, 2.05) is 19.1 Å². The van der Waals surface area contributed by atoms with Crippen LogP contribution in [0, 0.1) is 11.3 Å². The van der Waals surface area contributed by atoms with Crippen LogP contribution in [0.5, 0.6) is 0 Å². The van der Waals surface area contributed by atoms with Gasteiger partial charge in [0.25, 0.3) is 0 Å². The van der Waals surface area contributed by atoms with Gasteiger partial charge in [0.05, 0.1) is 5.41 Å². The summed E-state index contributed by atoms with van der Waals surface area (Å²) in [6, 6.07) is 17.8. The van der Waals surface area contributed by atoms with Crippen molar-refractivity contribution in [1.82, 2.24) is 5.32 Å². The number of benzene rings is 2. The molecule has 0 spiro atoms. The minimum Gasteiger partial charge on any atom is -0.416 e. The fourth-order valence-corrected chi connectivity index (χ4v) is 7.50. The molecule has 37 heavy (non-hydrogen) atoms. The molecule has 3 aliphatic carbocycles. The third-order valence-electron chi connectivity index (χ3n) is 9.10. The predicted octanol–water partition coefficient (Wildman–Crippen LogP) is 7.95. The van der Waals surface area contributed by atoms with Gasteiger partial charge in [-0.15, -0.1) is 6.58 Å². The largest absolute Gasteiger partial charge is 0.416 e. The number of hydrogen-bond donors (Lipinski definition) is 1. The lowest BCUT2D eigenvalue weighted by molar-refractivity contribution is -0.131. The van der Waals surface area contributed by atoms with E-state index in [9.17, 15) is 4.79 Å². The van der Waals surface area contributed by atoms with Gasteiger partial charge in [0.1, 0.15) is 0 Å². The van der Waals surface area contributed by atoms with Crippen molar-refractivity contribution in [2.75, 3.05) is 6.61 Å². The first-order valence-electron chi connectivity index (χ1n) is 13.8. The molecular formula is C33H45NO2Si. The molecule has 3 nitrogen and oxygen atoms in total. The standard InChI is InChI=1S/C33H45NO2Si/c1-10-19-33(29(35)20-23(4)34-22(2)3)28(21-36-37(8,9)32(5,6)7)30-24-15-11-13-17-26(24)31(33)27-18-14-12-16-25(27)30/h10-18,20,22,28,30-31,34H,1,19,21H2,2-9H3/b23-20-/t28-,30?,31?,33-/m0/s1. The molecule has 0 unspecified atom stereocenters. The van der Waals surface area contributed by atoms with E-state index >= 15 is 0 Å². The molecule has 2 aromatic carbocycles. The van der Waals surface area contributed by atoms with Crippen LogP contribution in [0.2, 0.25) is 18.1 Å². The van der Waals surface area contributed by atoms with Gasteiger partial charge in [0.15, 0.2) is 14.1 Å². The molecule has 5 rings (SSSR count). The van der Waals surface area contributed by atoms with Gasteiger partial charge in [-0.3, -0.25) is 4.79 Å². The Balaban J connectivity index is 1.95. The number of nitrogens with one attached hydrogen (secondary N) is 1. The van der Waals surface area contributed by atoms with E-state index in [1.54, 1.807) is 0 Å². The lowest BCUT2D eigenvalue weighted by Crippen LogP contribution is -2.55. The summed E-state index contributed by atoms with van der Waals surface area (Å²) in [5.41, 5.74) is 5.53. The molecule has 0 radical (unpaired) electrons. The molecule has 198 valence electrons. The molecule has 2 bridgehead atoms. The van der Waals surface area contributed by atoms with Crippen molar-refractivity contribution < 1.29 is 9.22 Å². The van der Waals surface area contributed by atoms with Gasteiger partial charge >= 0.3 is 0 Å². The molecule has 0 amide bonds. The molecule has 0 heterocycles. The summed E-state index contributed by atoms with van der Waals surface area (Å²) in [5, 5.41) is 3.53. The zero-order chi connectivity index (χ0) is 27.2. The van der Waals surface area contributed by atoms with Crippen molar-refractivity contribution in [3.05, 3.63) is 95.2 Å². The zero-order valence-electron chi connectivity index (χ0n) is 24.0. The molecule has 1 N–H and O–H groups in total. The van der Waals surface area contributed by atoms with E-state index in [0.717, 1.165) is 5.70 Å². The molecule has 2 aromatic rings. The third-order valence-corrected chi connectivity index (χ3v) is 13.6. The second-order valence-electron chi connectivity index (χ2n) is 12.9. The fraction of sp³-hybridized carbons (Fsp3) is 0.485. The third kappa shape index (κ3) is 4.68. The highest BCUT2D eigenvalue weighted by Crippen LogP contribution is 2.66. The maximum absolute atomic E-state index is 14.6. The Hall–Kier alpha value is -2.43. The number of hydrogen-bond acceptors (Lipinski definition) is 3. The highest BCUT2D eigenvalue weighted by atomic mass is 28.4. The Morgan fingerprint density at radius 1 is 1.05 bits per heavy atom.